The second-order valence-corrected chi connectivity index (χ2v) is 6.08. The molecule has 2 nitrogen and oxygen atoms in total. The van der Waals surface area contributed by atoms with Gasteiger partial charge in [-0.2, -0.15) is 0 Å². The molecule has 2 rings (SSSR count). The zero-order chi connectivity index (χ0) is 11.5. The van der Waals surface area contributed by atoms with Gasteiger partial charge in [-0.15, -0.1) is 0 Å². The third kappa shape index (κ3) is 2.98. The van der Waals surface area contributed by atoms with E-state index in [9.17, 15) is 0 Å². The van der Waals surface area contributed by atoms with Crippen LogP contribution in [0.5, 0.6) is 0 Å². The second-order valence-electron chi connectivity index (χ2n) is 6.08. The van der Waals surface area contributed by atoms with Gasteiger partial charge in [-0.05, 0) is 45.4 Å². The van der Waals surface area contributed by atoms with Gasteiger partial charge in [0.2, 0.25) is 0 Å². The maximum Gasteiger partial charge on any atom is 0.0113 e. The summed E-state index contributed by atoms with van der Waals surface area (Å²) in [6, 6.07) is 1.64. The summed E-state index contributed by atoms with van der Waals surface area (Å²) in [7, 11) is 0. The molecule has 1 saturated heterocycles. The maximum absolute atomic E-state index is 2.75. The highest BCUT2D eigenvalue weighted by Crippen LogP contribution is 2.27. The van der Waals surface area contributed by atoms with Gasteiger partial charge in [0.25, 0.3) is 0 Å². The molecule has 0 unspecified atom stereocenters. The van der Waals surface area contributed by atoms with E-state index < -0.39 is 0 Å². The summed E-state index contributed by atoms with van der Waals surface area (Å²) in [5.74, 6) is 0.980. The Hall–Kier alpha value is -0.0800. The number of nitrogens with zero attached hydrogens (tertiary/aromatic N) is 2. The van der Waals surface area contributed by atoms with E-state index in [-0.39, 0.29) is 0 Å². The first-order valence-corrected chi connectivity index (χ1v) is 7.15. The van der Waals surface area contributed by atoms with Crippen molar-refractivity contribution in [1.29, 1.82) is 0 Å². The zero-order valence-electron chi connectivity index (χ0n) is 11.3. The van der Waals surface area contributed by atoms with Crippen LogP contribution in [0.25, 0.3) is 0 Å². The average molecular weight is 224 g/mol. The van der Waals surface area contributed by atoms with Crippen LogP contribution in [0.3, 0.4) is 0 Å². The van der Waals surface area contributed by atoms with E-state index in [1.165, 1.54) is 51.9 Å². The van der Waals surface area contributed by atoms with E-state index in [4.69, 9.17) is 0 Å². The van der Waals surface area contributed by atoms with Crippen molar-refractivity contribution in [1.82, 2.24) is 9.80 Å². The van der Waals surface area contributed by atoms with E-state index in [1.807, 2.05) is 0 Å². The van der Waals surface area contributed by atoms with Crippen molar-refractivity contribution in [3.63, 3.8) is 0 Å². The lowest BCUT2D eigenvalue weighted by Crippen LogP contribution is -2.52. The Balaban J connectivity index is 1.76. The van der Waals surface area contributed by atoms with Crippen molar-refractivity contribution in [2.45, 2.75) is 58.5 Å². The highest BCUT2D eigenvalue weighted by Gasteiger charge is 2.27. The molecule has 1 aliphatic carbocycles. The Morgan fingerprint density at radius 2 is 1.44 bits per heavy atom. The van der Waals surface area contributed by atoms with Gasteiger partial charge in [0.05, 0.1) is 0 Å². The minimum Gasteiger partial charge on any atom is -0.298 e. The molecule has 0 radical (unpaired) electrons. The Morgan fingerprint density at radius 1 is 0.875 bits per heavy atom. The van der Waals surface area contributed by atoms with Gasteiger partial charge in [-0.25, -0.2) is 0 Å². The van der Waals surface area contributed by atoms with Gasteiger partial charge >= 0.3 is 0 Å². The molecule has 1 saturated carbocycles. The lowest BCUT2D eigenvalue weighted by Gasteiger charge is -2.42. The SMILES string of the molecule is CC(C)N1CCN([C@H]2CC[C@H](C)CC2)CC1. The van der Waals surface area contributed by atoms with Gasteiger partial charge in [-0.1, -0.05) is 6.92 Å². The van der Waals surface area contributed by atoms with E-state index in [2.05, 4.69) is 30.6 Å². The largest absolute Gasteiger partial charge is 0.298 e. The summed E-state index contributed by atoms with van der Waals surface area (Å²) in [6.07, 6.45) is 5.80. The Labute approximate surface area is 101 Å². The first kappa shape index (κ1) is 12.4. The molecule has 0 spiro atoms. The van der Waals surface area contributed by atoms with Crippen LogP contribution in [0, 0.1) is 5.92 Å². The van der Waals surface area contributed by atoms with Crippen LogP contribution in [0.1, 0.15) is 46.5 Å². The van der Waals surface area contributed by atoms with Crippen molar-refractivity contribution in [3.8, 4) is 0 Å². The number of piperazine rings is 1. The first-order chi connectivity index (χ1) is 7.66. The quantitative estimate of drug-likeness (QED) is 0.711. The second kappa shape index (κ2) is 5.50. The molecule has 0 aromatic rings. The average Bonchev–Trinajstić information content (AvgIpc) is 2.30. The summed E-state index contributed by atoms with van der Waals surface area (Å²) in [5.41, 5.74) is 0. The van der Waals surface area contributed by atoms with E-state index in [0.717, 1.165) is 18.0 Å². The maximum atomic E-state index is 2.75. The molecule has 16 heavy (non-hydrogen) atoms. The molecule has 2 aliphatic rings. The van der Waals surface area contributed by atoms with Crippen molar-refractivity contribution < 1.29 is 0 Å². The highest BCUT2D eigenvalue weighted by molar-refractivity contribution is 4.83. The molecule has 1 aliphatic heterocycles. The molecule has 0 bridgehead atoms. The van der Waals surface area contributed by atoms with Crippen molar-refractivity contribution >= 4 is 0 Å². The number of hydrogen-bond donors (Lipinski definition) is 0. The summed E-state index contributed by atoms with van der Waals surface area (Å²) in [5, 5.41) is 0. The van der Waals surface area contributed by atoms with Gasteiger partial charge in [-0.3, -0.25) is 9.80 Å². The molecule has 0 aromatic heterocycles. The van der Waals surface area contributed by atoms with E-state index in [0.29, 0.717) is 0 Å². The van der Waals surface area contributed by atoms with E-state index in [1.54, 1.807) is 0 Å². The van der Waals surface area contributed by atoms with Crippen LogP contribution in [-0.4, -0.2) is 48.1 Å². The third-order valence-corrected chi connectivity index (χ3v) is 4.58. The predicted octanol–water partition coefficient (Wildman–Crippen LogP) is 2.59. The van der Waals surface area contributed by atoms with Crippen molar-refractivity contribution in [2.24, 2.45) is 5.92 Å². The standard InChI is InChI=1S/C14H28N2/c1-12(2)15-8-10-16(11-9-15)14-6-4-13(3)5-7-14/h12-14H,4-11H2,1-3H3/t13-,14-. The fourth-order valence-corrected chi connectivity index (χ4v) is 3.23. The molecular formula is C14H28N2. The molecule has 94 valence electrons. The summed E-state index contributed by atoms with van der Waals surface area (Å²) >= 11 is 0. The molecule has 0 aromatic carbocycles. The van der Waals surface area contributed by atoms with Crippen molar-refractivity contribution in [3.05, 3.63) is 0 Å². The number of hydrogen-bond acceptors (Lipinski definition) is 2. The molecule has 1 heterocycles. The molecule has 0 atom stereocenters. The Bertz CT molecular complexity index is 199. The summed E-state index contributed by atoms with van der Waals surface area (Å²) < 4.78 is 0. The minimum absolute atomic E-state index is 0.730. The first-order valence-electron chi connectivity index (χ1n) is 7.15. The summed E-state index contributed by atoms with van der Waals surface area (Å²) in [6.45, 7) is 12.2. The van der Waals surface area contributed by atoms with Gasteiger partial charge < -0.3 is 0 Å². The Morgan fingerprint density at radius 3 is 1.94 bits per heavy atom. The van der Waals surface area contributed by atoms with Crippen LogP contribution < -0.4 is 0 Å². The number of rotatable bonds is 2. The topological polar surface area (TPSA) is 6.48 Å². The monoisotopic (exact) mass is 224 g/mol. The van der Waals surface area contributed by atoms with Gasteiger partial charge in [0.1, 0.15) is 0 Å². The van der Waals surface area contributed by atoms with Gasteiger partial charge in [0, 0.05) is 38.3 Å². The fourth-order valence-electron chi connectivity index (χ4n) is 3.23. The smallest absolute Gasteiger partial charge is 0.0113 e. The van der Waals surface area contributed by atoms with Gasteiger partial charge in [0.15, 0.2) is 0 Å². The summed E-state index contributed by atoms with van der Waals surface area (Å²) in [4.78, 5) is 5.37. The van der Waals surface area contributed by atoms with Crippen molar-refractivity contribution in [2.75, 3.05) is 26.2 Å². The van der Waals surface area contributed by atoms with E-state index >= 15 is 0 Å². The lowest BCUT2D eigenvalue weighted by molar-refractivity contribution is 0.0588. The predicted molar refractivity (Wildman–Crippen MR) is 69.7 cm³/mol. The van der Waals surface area contributed by atoms with Crippen LogP contribution in [0.2, 0.25) is 0 Å². The van der Waals surface area contributed by atoms with Crippen LogP contribution in [0.4, 0.5) is 0 Å². The van der Waals surface area contributed by atoms with Crippen LogP contribution >= 0.6 is 0 Å². The lowest BCUT2D eigenvalue weighted by atomic mass is 9.86. The molecule has 0 amide bonds. The molecular weight excluding hydrogens is 196 g/mol. The molecule has 2 fully saturated rings. The normalized spacial score (nSPS) is 34.5. The molecule has 0 N–H and O–H groups in total. The Kier molecular flexibility index (Phi) is 4.26. The third-order valence-electron chi connectivity index (χ3n) is 4.58. The van der Waals surface area contributed by atoms with Crippen LogP contribution in [0.15, 0.2) is 0 Å². The van der Waals surface area contributed by atoms with Crippen LogP contribution in [-0.2, 0) is 0 Å². The fraction of sp³-hybridized carbons (Fsp3) is 1.00. The zero-order valence-corrected chi connectivity index (χ0v) is 11.3. The minimum atomic E-state index is 0.730. The highest BCUT2D eigenvalue weighted by atomic mass is 15.3. The molecule has 2 heteroatoms.